The zero-order valence-corrected chi connectivity index (χ0v) is 24.6. The van der Waals surface area contributed by atoms with E-state index in [4.69, 9.17) is 0 Å². The van der Waals surface area contributed by atoms with Gasteiger partial charge in [-0.3, -0.25) is 0 Å². The molecule has 0 aliphatic heterocycles. The first kappa shape index (κ1) is 40.7. The number of halogens is 4. The van der Waals surface area contributed by atoms with Gasteiger partial charge >= 0.3 is 0 Å². The number of rotatable bonds is 17. The standard InChI is InChI=1S/C19H36N4S.CH4.4BrH/c1-2-20-11-6-12-21-13-7-14-22-15-8-16-23-17-18-24-19-9-4-3-5-10-19;;;;;/h3-5,9-10,20-23H,2,6-8,11-18H2,1H3;1H4;4*1H. The van der Waals surface area contributed by atoms with Crippen LogP contribution in [0.1, 0.15) is 33.6 Å². The summed E-state index contributed by atoms with van der Waals surface area (Å²) in [6.45, 7) is 11.0. The molecule has 0 bridgehead atoms. The predicted molar refractivity (Wildman–Crippen MR) is 156 cm³/mol. The molecule has 0 saturated carbocycles. The Morgan fingerprint density at radius 1 is 0.621 bits per heavy atom. The number of hydrogen-bond donors (Lipinski definition) is 4. The van der Waals surface area contributed by atoms with Gasteiger partial charge in [-0.25, -0.2) is 0 Å². The molecule has 0 heterocycles. The smallest absolute Gasteiger partial charge is 0.0106 e. The van der Waals surface area contributed by atoms with Gasteiger partial charge < -0.3 is 21.3 Å². The Morgan fingerprint density at radius 2 is 1.03 bits per heavy atom. The molecule has 4 nitrogen and oxygen atoms in total. The third-order valence-electron chi connectivity index (χ3n) is 3.66. The summed E-state index contributed by atoms with van der Waals surface area (Å²) >= 11 is 1.92. The van der Waals surface area contributed by atoms with E-state index >= 15 is 0 Å². The van der Waals surface area contributed by atoms with Crippen molar-refractivity contribution in [3.8, 4) is 0 Å². The molecule has 0 atom stereocenters. The normalized spacial score (nSPS) is 9.14. The summed E-state index contributed by atoms with van der Waals surface area (Å²) in [5.41, 5.74) is 0. The molecule has 29 heavy (non-hydrogen) atoms. The first-order chi connectivity index (χ1) is 11.9. The summed E-state index contributed by atoms with van der Waals surface area (Å²) in [4.78, 5) is 1.36. The maximum Gasteiger partial charge on any atom is 0.0106 e. The molecular formula is C20H44Br4N4S. The maximum atomic E-state index is 3.52. The highest BCUT2D eigenvalue weighted by atomic mass is 79.9. The van der Waals surface area contributed by atoms with E-state index in [0.29, 0.717) is 0 Å². The van der Waals surface area contributed by atoms with Crippen molar-refractivity contribution in [2.24, 2.45) is 0 Å². The predicted octanol–water partition coefficient (Wildman–Crippen LogP) is 5.28. The average Bonchev–Trinajstić information content (AvgIpc) is 2.62. The first-order valence-electron chi connectivity index (χ1n) is 9.44. The largest absolute Gasteiger partial charge is 0.317 e. The quantitative estimate of drug-likeness (QED) is 0.133. The van der Waals surface area contributed by atoms with Gasteiger partial charge in [0, 0.05) is 17.2 Å². The zero-order valence-electron chi connectivity index (χ0n) is 16.9. The molecule has 178 valence electrons. The van der Waals surface area contributed by atoms with Crippen LogP contribution < -0.4 is 21.3 Å². The fourth-order valence-corrected chi connectivity index (χ4v) is 3.16. The van der Waals surface area contributed by atoms with Crippen LogP contribution in [0.15, 0.2) is 35.2 Å². The number of benzene rings is 1. The topological polar surface area (TPSA) is 48.1 Å². The number of hydrogen-bond acceptors (Lipinski definition) is 5. The molecule has 0 spiro atoms. The molecule has 0 aromatic heterocycles. The maximum absolute atomic E-state index is 3.52. The summed E-state index contributed by atoms with van der Waals surface area (Å²) < 4.78 is 0. The Bertz CT molecular complexity index is 379. The minimum absolute atomic E-state index is 0. The molecule has 1 rings (SSSR count). The molecule has 4 N–H and O–H groups in total. The molecule has 9 heteroatoms. The summed E-state index contributed by atoms with van der Waals surface area (Å²) in [5.74, 6) is 1.14. The third kappa shape index (κ3) is 29.3. The molecule has 0 aliphatic carbocycles. The van der Waals surface area contributed by atoms with Crippen molar-refractivity contribution in [1.82, 2.24) is 21.3 Å². The van der Waals surface area contributed by atoms with E-state index in [1.807, 2.05) is 11.8 Å². The van der Waals surface area contributed by atoms with Crippen molar-refractivity contribution in [3.05, 3.63) is 30.3 Å². The molecule has 0 fully saturated rings. The fourth-order valence-electron chi connectivity index (χ4n) is 2.32. The summed E-state index contributed by atoms with van der Waals surface area (Å²) in [7, 11) is 0. The van der Waals surface area contributed by atoms with Crippen LogP contribution in [-0.4, -0.2) is 58.1 Å². The summed E-state index contributed by atoms with van der Waals surface area (Å²) in [6.07, 6.45) is 3.63. The first-order valence-corrected chi connectivity index (χ1v) is 10.4. The van der Waals surface area contributed by atoms with Crippen LogP contribution >= 0.6 is 79.7 Å². The van der Waals surface area contributed by atoms with Crippen molar-refractivity contribution in [3.63, 3.8) is 0 Å². The van der Waals surface area contributed by atoms with E-state index in [9.17, 15) is 0 Å². The van der Waals surface area contributed by atoms with Gasteiger partial charge in [0.25, 0.3) is 0 Å². The fraction of sp³-hybridized carbons (Fsp3) is 0.700. The minimum Gasteiger partial charge on any atom is -0.317 e. The van der Waals surface area contributed by atoms with E-state index in [-0.39, 0.29) is 75.4 Å². The Kier molecular flexibility index (Phi) is 47.6. The van der Waals surface area contributed by atoms with Crippen molar-refractivity contribution in [2.75, 3.05) is 58.1 Å². The minimum atomic E-state index is 0. The summed E-state index contributed by atoms with van der Waals surface area (Å²) in [5, 5.41) is 13.9. The van der Waals surface area contributed by atoms with Crippen molar-refractivity contribution >= 4 is 79.7 Å². The highest BCUT2D eigenvalue weighted by molar-refractivity contribution is 8.93. The van der Waals surface area contributed by atoms with Crippen LogP contribution in [0.2, 0.25) is 0 Å². The number of thioether (sulfide) groups is 1. The van der Waals surface area contributed by atoms with Crippen LogP contribution in [0.4, 0.5) is 0 Å². The van der Waals surface area contributed by atoms with E-state index < -0.39 is 0 Å². The van der Waals surface area contributed by atoms with Crippen LogP contribution in [0.3, 0.4) is 0 Å². The van der Waals surface area contributed by atoms with Crippen LogP contribution in [0.25, 0.3) is 0 Å². The molecule has 0 aliphatic rings. The van der Waals surface area contributed by atoms with Gasteiger partial charge in [-0.15, -0.1) is 79.7 Å². The molecule has 0 amide bonds. The molecule has 1 aromatic carbocycles. The lowest BCUT2D eigenvalue weighted by Gasteiger charge is -2.07. The lowest BCUT2D eigenvalue weighted by atomic mass is 10.3. The van der Waals surface area contributed by atoms with Gasteiger partial charge in [-0.2, -0.15) is 0 Å². The molecule has 1 aromatic rings. The number of nitrogens with one attached hydrogen (secondary N) is 4. The van der Waals surface area contributed by atoms with E-state index in [1.54, 1.807) is 0 Å². The van der Waals surface area contributed by atoms with Crippen LogP contribution in [-0.2, 0) is 0 Å². The summed E-state index contributed by atoms with van der Waals surface area (Å²) in [6, 6.07) is 10.6. The average molecular weight is 692 g/mol. The Morgan fingerprint density at radius 3 is 1.48 bits per heavy atom. The van der Waals surface area contributed by atoms with E-state index in [2.05, 4.69) is 58.5 Å². The molecular weight excluding hydrogens is 648 g/mol. The Hall–Kier alpha value is 1.33. The van der Waals surface area contributed by atoms with Crippen molar-refractivity contribution in [1.29, 1.82) is 0 Å². The van der Waals surface area contributed by atoms with Gasteiger partial charge in [-0.1, -0.05) is 32.5 Å². The van der Waals surface area contributed by atoms with Gasteiger partial charge in [0.2, 0.25) is 0 Å². The Labute approximate surface area is 226 Å². The molecule has 0 unspecified atom stereocenters. The second-order valence-corrected chi connectivity index (χ2v) is 6.99. The lowest BCUT2D eigenvalue weighted by Crippen LogP contribution is -2.27. The molecule has 0 radical (unpaired) electrons. The van der Waals surface area contributed by atoms with Crippen LogP contribution in [0, 0.1) is 0 Å². The van der Waals surface area contributed by atoms with Gasteiger partial charge in [0.1, 0.15) is 0 Å². The monoisotopic (exact) mass is 688 g/mol. The van der Waals surface area contributed by atoms with Gasteiger partial charge in [0.05, 0.1) is 0 Å². The van der Waals surface area contributed by atoms with Crippen LogP contribution in [0.5, 0.6) is 0 Å². The second-order valence-electron chi connectivity index (χ2n) is 5.83. The SMILES string of the molecule is Br.Br.Br.Br.C.CCNCCCNCCCNCCCNCCSc1ccccc1. The van der Waals surface area contributed by atoms with Gasteiger partial charge in [0.15, 0.2) is 0 Å². The highest BCUT2D eigenvalue weighted by Crippen LogP contribution is 2.15. The highest BCUT2D eigenvalue weighted by Gasteiger charge is 1.93. The Balaban J connectivity index is -0.000000384. The lowest BCUT2D eigenvalue weighted by molar-refractivity contribution is 0.557. The van der Waals surface area contributed by atoms with E-state index in [0.717, 1.165) is 58.1 Å². The van der Waals surface area contributed by atoms with E-state index in [1.165, 1.54) is 24.2 Å². The van der Waals surface area contributed by atoms with Crippen molar-refractivity contribution in [2.45, 2.75) is 38.5 Å². The zero-order chi connectivity index (χ0) is 17.1. The van der Waals surface area contributed by atoms with Gasteiger partial charge in [-0.05, 0) is 77.2 Å². The third-order valence-corrected chi connectivity index (χ3v) is 4.68. The van der Waals surface area contributed by atoms with Crippen molar-refractivity contribution < 1.29 is 0 Å². The molecule has 0 saturated heterocycles. The second kappa shape index (κ2) is 34.0.